The molecule has 1 heterocycles. The molecule has 5 nitrogen and oxygen atoms in total. The van der Waals surface area contributed by atoms with E-state index in [-0.39, 0.29) is 30.1 Å². The molecule has 0 saturated carbocycles. The molecule has 8 heteroatoms. The van der Waals surface area contributed by atoms with Crippen molar-refractivity contribution in [2.75, 3.05) is 19.6 Å². The highest BCUT2D eigenvalue weighted by atomic mass is 35.5. The van der Waals surface area contributed by atoms with Gasteiger partial charge in [-0.2, -0.15) is 4.31 Å². The van der Waals surface area contributed by atoms with E-state index in [1.54, 1.807) is 13.0 Å². The van der Waals surface area contributed by atoms with E-state index in [0.29, 0.717) is 5.02 Å². The molecule has 0 spiro atoms. The molecule has 2 aromatic carbocycles. The summed E-state index contributed by atoms with van der Waals surface area (Å²) in [5.41, 5.74) is -0.00583. The zero-order valence-electron chi connectivity index (χ0n) is 14.1. The molecule has 138 valence electrons. The summed E-state index contributed by atoms with van der Waals surface area (Å²) >= 11 is 5.82. The van der Waals surface area contributed by atoms with Gasteiger partial charge < -0.3 is 4.90 Å². The zero-order valence-corrected chi connectivity index (χ0v) is 15.7. The van der Waals surface area contributed by atoms with Gasteiger partial charge in [0.2, 0.25) is 10.0 Å². The van der Waals surface area contributed by atoms with Crippen molar-refractivity contribution in [2.45, 2.75) is 17.9 Å². The largest absolute Gasteiger partial charge is 0.336 e. The average molecular weight is 397 g/mol. The van der Waals surface area contributed by atoms with Crippen LogP contribution in [0.3, 0.4) is 0 Å². The molecular weight excluding hydrogens is 379 g/mol. The molecule has 1 saturated heterocycles. The molecule has 0 bridgehead atoms. The highest BCUT2D eigenvalue weighted by molar-refractivity contribution is 7.89. The van der Waals surface area contributed by atoms with Crippen molar-refractivity contribution in [1.82, 2.24) is 9.21 Å². The highest BCUT2D eigenvalue weighted by Gasteiger charge is 2.35. The van der Waals surface area contributed by atoms with Gasteiger partial charge in [-0.05, 0) is 43.3 Å². The van der Waals surface area contributed by atoms with Crippen LogP contribution < -0.4 is 0 Å². The van der Waals surface area contributed by atoms with E-state index in [1.807, 2.05) is 0 Å². The standard InChI is InChI=1S/C18H18ClFN2O3S/c1-13-12-21(18(23)16-4-2-3-5-17(16)20)10-11-22(13)26(24,25)15-8-6-14(19)7-9-15/h2-9,13H,10-12H2,1H3/t13-/m0/s1. The van der Waals surface area contributed by atoms with Crippen LogP contribution >= 0.6 is 11.6 Å². The molecule has 0 radical (unpaired) electrons. The maximum absolute atomic E-state index is 13.8. The molecule has 1 aliphatic rings. The second kappa shape index (κ2) is 7.34. The number of piperazine rings is 1. The Balaban J connectivity index is 1.77. The van der Waals surface area contributed by atoms with Crippen LogP contribution in [0, 0.1) is 5.82 Å². The van der Waals surface area contributed by atoms with Gasteiger partial charge in [-0.25, -0.2) is 12.8 Å². The average Bonchev–Trinajstić information content (AvgIpc) is 2.61. The van der Waals surface area contributed by atoms with E-state index in [1.165, 1.54) is 51.7 Å². The van der Waals surface area contributed by atoms with Gasteiger partial charge in [-0.15, -0.1) is 0 Å². The Labute approximate surface area is 157 Å². The van der Waals surface area contributed by atoms with E-state index in [0.717, 1.165) is 0 Å². The lowest BCUT2D eigenvalue weighted by Gasteiger charge is -2.39. The number of carbonyl (C=O) groups is 1. The van der Waals surface area contributed by atoms with Crippen molar-refractivity contribution < 1.29 is 17.6 Å². The summed E-state index contributed by atoms with van der Waals surface area (Å²) in [6.07, 6.45) is 0. The maximum atomic E-state index is 13.8. The lowest BCUT2D eigenvalue weighted by molar-refractivity contribution is 0.0637. The number of carbonyl (C=O) groups excluding carboxylic acids is 1. The number of nitrogens with zero attached hydrogens (tertiary/aromatic N) is 2. The first-order valence-corrected chi connectivity index (χ1v) is 9.93. The summed E-state index contributed by atoms with van der Waals surface area (Å²) in [6, 6.07) is 11.3. The van der Waals surface area contributed by atoms with Crippen LogP contribution in [0.2, 0.25) is 5.02 Å². The third-order valence-corrected chi connectivity index (χ3v) is 6.66. The van der Waals surface area contributed by atoms with Crippen molar-refractivity contribution in [3.8, 4) is 0 Å². The van der Waals surface area contributed by atoms with Crippen LogP contribution in [0.5, 0.6) is 0 Å². The van der Waals surface area contributed by atoms with Crippen LogP contribution in [-0.4, -0.2) is 49.2 Å². The molecule has 2 aromatic rings. The molecule has 0 unspecified atom stereocenters. The predicted molar refractivity (Wildman–Crippen MR) is 97.1 cm³/mol. The van der Waals surface area contributed by atoms with E-state index < -0.39 is 27.8 Å². The lowest BCUT2D eigenvalue weighted by atomic mass is 10.1. The maximum Gasteiger partial charge on any atom is 0.256 e. The van der Waals surface area contributed by atoms with Gasteiger partial charge in [0.15, 0.2) is 0 Å². The molecule has 1 amide bonds. The molecular formula is C18H18ClFN2O3S. The topological polar surface area (TPSA) is 57.7 Å². The number of rotatable bonds is 3. The van der Waals surface area contributed by atoms with Crippen LogP contribution in [0.15, 0.2) is 53.4 Å². The second-order valence-corrected chi connectivity index (χ2v) is 8.48. The first-order chi connectivity index (χ1) is 12.3. The fourth-order valence-electron chi connectivity index (χ4n) is 3.03. The summed E-state index contributed by atoms with van der Waals surface area (Å²) in [6.45, 7) is 2.27. The van der Waals surface area contributed by atoms with Gasteiger partial charge in [0.1, 0.15) is 5.82 Å². The Morgan fingerprint density at radius 1 is 1.12 bits per heavy atom. The predicted octanol–water partition coefficient (Wildman–Crippen LogP) is 3.01. The normalized spacial score (nSPS) is 18.7. The second-order valence-electron chi connectivity index (χ2n) is 6.15. The summed E-state index contributed by atoms with van der Waals surface area (Å²) in [7, 11) is -3.69. The number of amides is 1. The number of benzene rings is 2. The van der Waals surface area contributed by atoms with Crippen LogP contribution in [0.25, 0.3) is 0 Å². The van der Waals surface area contributed by atoms with Gasteiger partial charge in [-0.3, -0.25) is 4.79 Å². The van der Waals surface area contributed by atoms with Gasteiger partial charge in [0.25, 0.3) is 5.91 Å². The zero-order chi connectivity index (χ0) is 18.9. The van der Waals surface area contributed by atoms with E-state index in [9.17, 15) is 17.6 Å². The summed E-state index contributed by atoms with van der Waals surface area (Å²) < 4.78 is 40.9. The number of sulfonamides is 1. The fourth-order valence-corrected chi connectivity index (χ4v) is 4.77. The minimum atomic E-state index is -3.69. The van der Waals surface area contributed by atoms with Crippen LogP contribution in [0.1, 0.15) is 17.3 Å². The SMILES string of the molecule is C[C@H]1CN(C(=O)c2ccccc2F)CCN1S(=O)(=O)c1ccc(Cl)cc1. The molecule has 0 aliphatic carbocycles. The number of halogens is 2. The van der Waals surface area contributed by atoms with E-state index >= 15 is 0 Å². The molecule has 1 atom stereocenters. The first-order valence-electron chi connectivity index (χ1n) is 8.12. The van der Waals surface area contributed by atoms with E-state index in [4.69, 9.17) is 11.6 Å². The molecule has 0 N–H and O–H groups in total. The lowest BCUT2D eigenvalue weighted by Crippen LogP contribution is -2.55. The van der Waals surface area contributed by atoms with Crippen molar-refractivity contribution in [3.63, 3.8) is 0 Å². The van der Waals surface area contributed by atoms with Gasteiger partial charge in [0, 0.05) is 30.7 Å². The van der Waals surface area contributed by atoms with Crippen molar-refractivity contribution in [2.24, 2.45) is 0 Å². The van der Waals surface area contributed by atoms with Crippen molar-refractivity contribution in [1.29, 1.82) is 0 Å². The Hall–Kier alpha value is -1.96. The fraction of sp³-hybridized carbons (Fsp3) is 0.278. The van der Waals surface area contributed by atoms with E-state index in [2.05, 4.69) is 0 Å². The Bertz CT molecular complexity index is 918. The summed E-state index contributed by atoms with van der Waals surface area (Å²) in [4.78, 5) is 14.2. The number of hydrogen-bond donors (Lipinski definition) is 0. The van der Waals surface area contributed by atoms with Gasteiger partial charge in [0.05, 0.1) is 10.5 Å². The smallest absolute Gasteiger partial charge is 0.256 e. The third kappa shape index (κ3) is 3.60. The van der Waals surface area contributed by atoms with Crippen molar-refractivity contribution >= 4 is 27.5 Å². The molecule has 0 aromatic heterocycles. The van der Waals surface area contributed by atoms with Crippen LogP contribution in [0.4, 0.5) is 4.39 Å². The Kier molecular flexibility index (Phi) is 5.32. The summed E-state index contributed by atoms with van der Waals surface area (Å²) in [5, 5.41) is 0.456. The van der Waals surface area contributed by atoms with Gasteiger partial charge in [-0.1, -0.05) is 23.7 Å². The highest BCUT2D eigenvalue weighted by Crippen LogP contribution is 2.23. The third-order valence-electron chi connectivity index (χ3n) is 4.38. The van der Waals surface area contributed by atoms with Gasteiger partial charge >= 0.3 is 0 Å². The molecule has 3 rings (SSSR count). The Morgan fingerprint density at radius 3 is 2.38 bits per heavy atom. The monoisotopic (exact) mass is 396 g/mol. The first kappa shape index (κ1) is 18.8. The van der Waals surface area contributed by atoms with Crippen LogP contribution in [-0.2, 0) is 10.0 Å². The van der Waals surface area contributed by atoms with Crippen molar-refractivity contribution in [3.05, 3.63) is 64.9 Å². The Morgan fingerprint density at radius 2 is 1.77 bits per heavy atom. The summed E-state index contributed by atoms with van der Waals surface area (Å²) in [5.74, 6) is -1.01. The minimum absolute atomic E-state index is 0.00583. The molecule has 26 heavy (non-hydrogen) atoms. The minimum Gasteiger partial charge on any atom is -0.336 e. The molecule has 1 fully saturated rings. The quantitative estimate of drug-likeness (QED) is 0.801. The molecule has 1 aliphatic heterocycles. The number of hydrogen-bond acceptors (Lipinski definition) is 3.